The lowest BCUT2D eigenvalue weighted by molar-refractivity contribution is -0.187. The number of likely N-dealkylation sites (tertiary alicyclic amines) is 1. The van der Waals surface area contributed by atoms with E-state index < -0.39 is 5.79 Å². The first-order valence-electron chi connectivity index (χ1n) is 6.58. The molecule has 0 aromatic rings. The van der Waals surface area contributed by atoms with Crippen molar-refractivity contribution in [3.8, 4) is 0 Å². The maximum absolute atomic E-state index is 11.9. The van der Waals surface area contributed by atoms with Gasteiger partial charge in [-0.2, -0.15) is 0 Å². The number of hydrogen-bond acceptors (Lipinski definition) is 4. The fraction of sp³-hybridized carbons (Fsp3) is 0.692. The van der Waals surface area contributed by atoms with Gasteiger partial charge in [0.1, 0.15) is 6.42 Å². The van der Waals surface area contributed by atoms with Crippen LogP contribution in [0, 0.1) is 0 Å². The Labute approximate surface area is 112 Å². The van der Waals surface area contributed by atoms with Gasteiger partial charge in [0.25, 0.3) is 0 Å². The van der Waals surface area contributed by atoms with E-state index in [-0.39, 0.29) is 18.2 Å². The second-order valence-corrected chi connectivity index (χ2v) is 4.76. The van der Waals surface area contributed by atoms with Crippen LogP contribution in [0.25, 0.3) is 0 Å². The molecular formula is C13H20N2O4. The van der Waals surface area contributed by atoms with Crippen LogP contribution in [0.3, 0.4) is 0 Å². The van der Waals surface area contributed by atoms with Crippen molar-refractivity contribution in [1.82, 2.24) is 10.2 Å². The molecule has 1 N–H and O–H groups in total. The van der Waals surface area contributed by atoms with Gasteiger partial charge in [0.2, 0.25) is 11.8 Å². The largest absolute Gasteiger partial charge is 0.352 e. The minimum Gasteiger partial charge on any atom is -0.352 e. The molecule has 0 aromatic carbocycles. The van der Waals surface area contributed by atoms with Crippen molar-refractivity contribution < 1.29 is 19.1 Å². The standard InChI is InChI=1S/C13H20N2O4/c1-2-5-14-11(16)10-12(17)15-6-3-13(4-7-15)18-8-9-19-13/h2H,1,3-10H2,(H,14,16). The van der Waals surface area contributed by atoms with E-state index in [0.717, 1.165) is 0 Å². The summed E-state index contributed by atoms with van der Waals surface area (Å²) in [6, 6.07) is 0. The average molecular weight is 268 g/mol. The van der Waals surface area contributed by atoms with Crippen molar-refractivity contribution in [3.63, 3.8) is 0 Å². The fourth-order valence-electron chi connectivity index (χ4n) is 2.38. The van der Waals surface area contributed by atoms with E-state index in [0.29, 0.717) is 45.7 Å². The van der Waals surface area contributed by atoms with E-state index in [1.807, 2.05) is 0 Å². The van der Waals surface area contributed by atoms with Crippen LogP contribution in [0.5, 0.6) is 0 Å². The monoisotopic (exact) mass is 268 g/mol. The predicted molar refractivity (Wildman–Crippen MR) is 68.3 cm³/mol. The lowest BCUT2D eigenvalue weighted by atomic mass is 10.0. The molecule has 2 heterocycles. The van der Waals surface area contributed by atoms with Crippen LogP contribution in [-0.4, -0.2) is 55.3 Å². The van der Waals surface area contributed by atoms with E-state index in [9.17, 15) is 9.59 Å². The third kappa shape index (κ3) is 3.54. The van der Waals surface area contributed by atoms with Gasteiger partial charge in [0.15, 0.2) is 5.79 Å². The molecule has 2 aliphatic heterocycles. The molecule has 0 atom stereocenters. The van der Waals surface area contributed by atoms with Crippen LogP contribution in [0.4, 0.5) is 0 Å². The number of amides is 2. The Morgan fingerprint density at radius 3 is 2.47 bits per heavy atom. The van der Waals surface area contributed by atoms with Gasteiger partial charge in [-0.25, -0.2) is 0 Å². The number of hydrogen-bond donors (Lipinski definition) is 1. The predicted octanol–water partition coefficient (Wildman–Crippen LogP) is 0.0442. The Kier molecular flexibility index (Phi) is 4.55. The van der Waals surface area contributed by atoms with Crippen LogP contribution in [-0.2, 0) is 19.1 Å². The molecule has 2 saturated heterocycles. The third-order valence-corrected chi connectivity index (χ3v) is 3.45. The first kappa shape index (κ1) is 14.0. The highest BCUT2D eigenvalue weighted by molar-refractivity contribution is 5.96. The lowest BCUT2D eigenvalue weighted by Gasteiger charge is -2.37. The molecule has 0 saturated carbocycles. The average Bonchev–Trinajstić information content (AvgIpc) is 2.85. The second-order valence-electron chi connectivity index (χ2n) is 4.76. The molecule has 2 fully saturated rings. The maximum atomic E-state index is 11.9. The Bertz CT molecular complexity index is 354. The number of ether oxygens (including phenoxy) is 2. The van der Waals surface area contributed by atoms with E-state index >= 15 is 0 Å². The molecule has 0 aliphatic carbocycles. The van der Waals surface area contributed by atoms with E-state index in [4.69, 9.17) is 9.47 Å². The number of rotatable bonds is 4. The number of piperidine rings is 1. The van der Waals surface area contributed by atoms with Crippen LogP contribution in [0.15, 0.2) is 12.7 Å². The summed E-state index contributed by atoms with van der Waals surface area (Å²) in [5.74, 6) is -0.894. The van der Waals surface area contributed by atoms with Crippen LogP contribution in [0.1, 0.15) is 19.3 Å². The van der Waals surface area contributed by atoms with Crippen molar-refractivity contribution >= 4 is 11.8 Å². The van der Waals surface area contributed by atoms with Crippen molar-refractivity contribution in [2.45, 2.75) is 25.0 Å². The molecule has 6 heteroatoms. The summed E-state index contributed by atoms with van der Waals surface area (Å²) in [5.41, 5.74) is 0. The molecule has 2 rings (SSSR count). The van der Waals surface area contributed by atoms with Crippen LogP contribution >= 0.6 is 0 Å². The van der Waals surface area contributed by atoms with Gasteiger partial charge in [0.05, 0.1) is 13.2 Å². The maximum Gasteiger partial charge on any atom is 0.232 e. The number of carbonyl (C=O) groups excluding carboxylic acids is 2. The highest BCUT2D eigenvalue weighted by atomic mass is 16.7. The molecule has 0 unspecified atom stereocenters. The van der Waals surface area contributed by atoms with E-state index in [1.165, 1.54) is 0 Å². The minimum atomic E-state index is -0.484. The van der Waals surface area contributed by atoms with Gasteiger partial charge in [-0.15, -0.1) is 6.58 Å². The van der Waals surface area contributed by atoms with Crippen molar-refractivity contribution in [2.75, 3.05) is 32.8 Å². The normalized spacial score (nSPS) is 21.4. The zero-order valence-electron chi connectivity index (χ0n) is 11.0. The molecule has 2 amide bonds. The second kappa shape index (κ2) is 6.16. The molecule has 0 bridgehead atoms. The first-order chi connectivity index (χ1) is 9.15. The molecule has 0 radical (unpaired) electrons. The van der Waals surface area contributed by atoms with Gasteiger partial charge < -0.3 is 19.7 Å². The fourth-order valence-corrected chi connectivity index (χ4v) is 2.38. The summed E-state index contributed by atoms with van der Waals surface area (Å²) >= 11 is 0. The van der Waals surface area contributed by atoms with Crippen molar-refractivity contribution in [1.29, 1.82) is 0 Å². The van der Waals surface area contributed by atoms with Gasteiger partial charge in [-0.05, 0) is 0 Å². The van der Waals surface area contributed by atoms with E-state index in [2.05, 4.69) is 11.9 Å². The van der Waals surface area contributed by atoms with Gasteiger partial charge >= 0.3 is 0 Å². The van der Waals surface area contributed by atoms with Gasteiger partial charge in [-0.3, -0.25) is 9.59 Å². The van der Waals surface area contributed by atoms with Gasteiger partial charge in [-0.1, -0.05) is 6.08 Å². The summed E-state index contributed by atoms with van der Waals surface area (Å²) in [7, 11) is 0. The summed E-state index contributed by atoms with van der Waals surface area (Å²) in [6.07, 6.45) is 2.82. The SMILES string of the molecule is C=CCNC(=O)CC(=O)N1CCC2(CC1)OCCO2. The number of nitrogens with one attached hydrogen (secondary N) is 1. The topological polar surface area (TPSA) is 67.9 Å². The quantitative estimate of drug-likeness (QED) is 0.577. The number of nitrogens with zero attached hydrogens (tertiary/aromatic N) is 1. The Morgan fingerprint density at radius 2 is 1.89 bits per heavy atom. The molecule has 19 heavy (non-hydrogen) atoms. The van der Waals surface area contributed by atoms with Crippen molar-refractivity contribution in [3.05, 3.63) is 12.7 Å². The summed E-state index contributed by atoms with van der Waals surface area (Å²) < 4.78 is 11.2. The molecule has 106 valence electrons. The van der Waals surface area contributed by atoms with Crippen molar-refractivity contribution in [2.24, 2.45) is 0 Å². The zero-order valence-corrected chi connectivity index (χ0v) is 11.0. The lowest BCUT2D eigenvalue weighted by Crippen LogP contribution is -2.48. The number of carbonyl (C=O) groups is 2. The van der Waals surface area contributed by atoms with Gasteiger partial charge in [0, 0.05) is 32.5 Å². The molecule has 0 aromatic heterocycles. The molecular weight excluding hydrogens is 248 g/mol. The Balaban J connectivity index is 1.75. The van der Waals surface area contributed by atoms with Crippen LogP contribution in [0.2, 0.25) is 0 Å². The third-order valence-electron chi connectivity index (χ3n) is 3.45. The molecule has 2 aliphatic rings. The smallest absolute Gasteiger partial charge is 0.232 e. The van der Waals surface area contributed by atoms with E-state index in [1.54, 1.807) is 11.0 Å². The highest BCUT2D eigenvalue weighted by Crippen LogP contribution is 2.31. The molecule has 6 nitrogen and oxygen atoms in total. The first-order valence-corrected chi connectivity index (χ1v) is 6.58. The zero-order chi connectivity index (χ0) is 13.7. The summed E-state index contributed by atoms with van der Waals surface area (Å²) in [5, 5.41) is 2.60. The van der Waals surface area contributed by atoms with Crippen LogP contribution < -0.4 is 5.32 Å². The summed E-state index contributed by atoms with van der Waals surface area (Å²) in [6.45, 7) is 6.29. The minimum absolute atomic E-state index is 0.109. The Morgan fingerprint density at radius 1 is 1.26 bits per heavy atom. The molecule has 1 spiro atoms. The summed E-state index contributed by atoms with van der Waals surface area (Å²) in [4.78, 5) is 25.1. The highest BCUT2D eigenvalue weighted by Gasteiger charge is 2.40. The Hall–Kier alpha value is -1.40.